The van der Waals surface area contributed by atoms with Gasteiger partial charge in [-0.1, -0.05) is 48.5 Å². The predicted octanol–water partition coefficient (Wildman–Crippen LogP) is 4.87. The summed E-state index contributed by atoms with van der Waals surface area (Å²) in [5.74, 6) is 0.877. The van der Waals surface area contributed by atoms with Crippen molar-refractivity contribution in [3.8, 4) is 28.0 Å². The lowest BCUT2D eigenvalue weighted by atomic mass is 9.96. The number of anilines is 1. The van der Waals surface area contributed by atoms with Crippen molar-refractivity contribution in [2.45, 2.75) is 0 Å². The van der Waals surface area contributed by atoms with Gasteiger partial charge in [0.1, 0.15) is 5.75 Å². The molecule has 0 saturated carbocycles. The second-order valence-electron chi connectivity index (χ2n) is 6.43. The zero-order chi connectivity index (χ0) is 17.8. The summed E-state index contributed by atoms with van der Waals surface area (Å²) in [7, 11) is 1.69. The average molecular weight is 345 g/mol. The maximum absolute atomic E-state index is 5.53. The first-order chi connectivity index (χ1) is 12.8. The molecule has 0 bridgehead atoms. The Bertz CT molecular complexity index is 853. The molecular weight excluding hydrogens is 322 g/mol. The van der Waals surface area contributed by atoms with Crippen LogP contribution in [-0.2, 0) is 4.74 Å². The van der Waals surface area contributed by atoms with Crippen molar-refractivity contribution in [2.24, 2.45) is 0 Å². The molecule has 132 valence electrons. The maximum atomic E-state index is 5.53. The summed E-state index contributed by atoms with van der Waals surface area (Å²) < 4.78 is 10.8. The van der Waals surface area contributed by atoms with Crippen molar-refractivity contribution in [2.75, 3.05) is 38.3 Å². The monoisotopic (exact) mass is 345 g/mol. The van der Waals surface area contributed by atoms with Crippen molar-refractivity contribution in [3.05, 3.63) is 72.8 Å². The van der Waals surface area contributed by atoms with E-state index in [9.17, 15) is 0 Å². The van der Waals surface area contributed by atoms with Crippen LogP contribution in [0.4, 0.5) is 5.69 Å². The van der Waals surface area contributed by atoms with Gasteiger partial charge in [0.05, 0.1) is 20.3 Å². The van der Waals surface area contributed by atoms with Gasteiger partial charge in [-0.2, -0.15) is 0 Å². The summed E-state index contributed by atoms with van der Waals surface area (Å²) in [6, 6.07) is 25.6. The van der Waals surface area contributed by atoms with Crippen LogP contribution in [0.5, 0.6) is 5.75 Å². The average Bonchev–Trinajstić information content (AvgIpc) is 2.75. The lowest BCUT2D eigenvalue weighted by Crippen LogP contribution is -2.36. The topological polar surface area (TPSA) is 21.7 Å². The van der Waals surface area contributed by atoms with E-state index in [1.54, 1.807) is 7.11 Å². The van der Waals surface area contributed by atoms with Crippen LogP contribution in [0.25, 0.3) is 22.3 Å². The lowest BCUT2D eigenvalue weighted by Gasteiger charge is -2.31. The lowest BCUT2D eigenvalue weighted by molar-refractivity contribution is 0.123. The second kappa shape index (κ2) is 7.63. The summed E-state index contributed by atoms with van der Waals surface area (Å²) in [6.45, 7) is 3.44. The molecule has 1 aliphatic heterocycles. The van der Waals surface area contributed by atoms with Gasteiger partial charge in [0.2, 0.25) is 0 Å². The highest BCUT2D eigenvalue weighted by Crippen LogP contribution is 2.35. The molecule has 0 N–H and O–H groups in total. The number of ether oxygens (including phenoxy) is 2. The van der Waals surface area contributed by atoms with Gasteiger partial charge in [-0.3, -0.25) is 0 Å². The van der Waals surface area contributed by atoms with Crippen LogP contribution >= 0.6 is 0 Å². The van der Waals surface area contributed by atoms with Gasteiger partial charge in [-0.15, -0.1) is 0 Å². The normalized spacial score (nSPS) is 14.3. The van der Waals surface area contributed by atoms with Gasteiger partial charge in [0.25, 0.3) is 0 Å². The third-order valence-electron chi connectivity index (χ3n) is 4.86. The highest BCUT2D eigenvalue weighted by molar-refractivity contribution is 5.83. The number of morpholine rings is 1. The standard InChI is InChI=1S/C23H23NO2/c1-25-21-10-7-18(8-11-21)20-9-12-23(24-13-15-26-16-14-24)22(17-20)19-5-3-2-4-6-19/h2-12,17H,13-16H2,1H3. The van der Waals surface area contributed by atoms with Crippen LogP contribution in [0.1, 0.15) is 0 Å². The molecule has 1 heterocycles. The number of hydrogen-bond acceptors (Lipinski definition) is 3. The summed E-state index contributed by atoms with van der Waals surface area (Å²) >= 11 is 0. The predicted molar refractivity (Wildman–Crippen MR) is 107 cm³/mol. The molecule has 0 amide bonds. The summed E-state index contributed by atoms with van der Waals surface area (Å²) in [4.78, 5) is 2.42. The van der Waals surface area contributed by atoms with E-state index in [4.69, 9.17) is 9.47 Å². The first-order valence-electron chi connectivity index (χ1n) is 9.02. The Morgan fingerprint density at radius 3 is 2.15 bits per heavy atom. The fraction of sp³-hybridized carbons (Fsp3) is 0.217. The van der Waals surface area contributed by atoms with Crippen molar-refractivity contribution in [1.29, 1.82) is 0 Å². The molecule has 0 unspecified atom stereocenters. The molecule has 0 spiro atoms. The molecule has 26 heavy (non-hydrogen) atoms. The van der Waals surface area contributed by atoms with Gasteiger partial charge in [0.15, 0.2) is 0 Å². The van der Waals surface area contributed by atoms with Crippen LogP contribution in [0.3, 0.4) is 0 Å². The zero-order valence-corrected chi connectivity index (χ0v) is 15.0. The summed E-state index contributed by atoms with van der Waals surface area (Å²) in [5, 5.41) is 0. The summed E-state index contributed by atoms with van der Waals surface area (Å²) in [5.41, 5.74) is 6.18. The fourth-order valence-corrected chi connectivity index (χ4v) is 3.43. The summed E-state index contributed by atoms with van der Waals surface area (Å²) in [6.07, 6.45) is 0. The first kappa shape index (κ1) is 16.7. The Hall–Kier alpha value is -2.78. The maximum Gasteiger partial charge on any atom is 0.118 e. The third kappa shape index (κ3) is 3.44. The van der Waals surface area contributed by atoms with Crippen LogP contribution in [0.15, 0.2) is 72.8 Å². The SMILES string of the molecule is COc1ccc(-c2ccc(N3CCOCC3)c(-c3ccccc3)c2)cc1. The molecule has 0 aliphatic carbocycles. The minimum Gasteiger partial charge on any atom is -0.497 e. The Balaban J connectivity index is 1.77. The number of benzene rings is 3. The van der Waals surface area contributed by atoms with Crippen molar-refractivity contribution in [3.63, 3.8) is 0 Å². The molecule has 0 aromatic heterocycles. The Morgan fingerprint density at radius 1 is 0.769 bits per heavy atom. The molecular formula is C23H23NO2. The van der Waals surface area contributed by atoms with E-state index in [0.717, 1.165) is 32.1 Å². The van der Waals surface area contributed by atoms with Crippen LogP contribution in [0.2, 0.25) is 0 Å². The van der Waals surface area contributed by atoms with Gasteiger partial charge < -0.3 is 14.4 Å². The second-order valence-corrected chi connectivity index (χ2v) is 6.43. The van der Waals surface area contributed by atoms with Crippen molar-refractivity contribution >= 4 is 5.69 Å². The first-order valence-corrected chi connectivity index (χ1v) is 9.02. The number of methoxy groups -OCH3 is 1. The highest BCUT2D eigenvalue weighted by atomic mass is 16.5. The van der Waals surface area contributed by atoms with Gasteiger partial charge in [0, 0.05) is 24.3 Å². The third-order valence-corrected chi connectivity index (χ3v) is 4.86. The largest absolute Gasteiger partial charge is 0.497 e. The van der Waals surface area contributed by atoms with E-state index in [2.05, 4.69) is 65.6 Å². The molecule has 3 aromatic rings. The Morgan fingerprint density at radius 2 is 1.46 bits per heavy atom. The van der Waals surface area contributed by atoms with E-state index in [1.807, 2.05) is 12.1 Å². The quantitative estimate of drug-likeness (QED) is 0.674. The number of nitrogens with zero attached hydrogens (tertiary/aromatic N) is 1. The van der Waals surface area contributed by atoms with E-state index < -0.39 is 0 Å². The van der Waals surface area contributed by atoms with E-state index in [0.29, 0.717) is 0 Å². The van der Waals surface area contributed by atoms with Crippen LogP contribution < -0.4 is 9.64 Å². The molecule has 1 saturated heterocycles. The molecule has 3 nitrogen and oxygen atoms in total. The Labute approximate surface area is 154 Å². The van der Waals surface area contributed by atoms with E-state index >= 15 is 0 Å². The van der Waals surface area contributed by atoms with Crippen LogP contribution in [0, 0.1) is 0 Å². The minimum absolute atomic E-state index is 0.786. The molecule has 3 aromatic carbocycles. The highest BCUT2D eigenvalue weighted by Gasteiger charge is 2.16. The van der Waals surface area contributed by atoms with Gasteiger partial charge in [-0.25, -0.2) is 0 Å². The molecule has 1 fully saturated rings. The molecule has 4 rings (SSSR count). The zero-order valence-electron chi connectivity index (χ0n) is 15.0. The smallest absolute Gasteiger partial charge is 0.118 e. The molecule has 0 radical (unpaired) electrons. The number of hydrogen-bond donors (Lipinski definition) is 0. The molecule has 1 aliphatic rings. The van der Waals surface area contributed by atoms with Gasteiger partial charge in [-0.05, 0) is 41.0 Å². The minimum atomic E-state index is 0.786. The number of rotatable bonds is 4. The van der Waals surface area contributed by atoms with Gasteiger partial charge >= 0.3 is 0 Å². The Kier molecular flexibility index (Phi) is 4.89. The fourth-order valence-electron chi connectivity index (χ4n) is 3.43. The van der Waals surface area contributed by atoms with Crippen LogP contribution in [-0.4, -0.2) is 33.4 Å². The van der Waals surface area contributed by atoms with E-state index in [1.165, 1.54) is 27.9 Å². The molecule has 3 heteroatoms. The molecule has 0 atom stereocenters. The van der Waals surface area contributed by atoms with Crippen molar-refractivity contribution in [1.82, 2.24) is 0 Å². The van der Waals surface area contributed by atoms with Crippen molar-refractivity contribution < 1.29 is 9.47 Å². The van der Waals surface area contributed by atoms with E-state index in [-0.39, 0.29) is 0 Å².